The van der Waals surface area contributed by atoms with Gasteiger partial charge in [-0.15, -0.1) is 0 Å². The molecule has 9 aliphatic rings. The van der Waals surface area contributed by atoms with E-state index in [4.69, 9.17) is 3.32 Å². The van der Waals surface area contributed by atoms with Crippen LogP contribution in [0.5, 0.6) is 0 Å². The zero-order valence-electron chi connectivity index (χ0n) is 25.8. The van der Waals surface area contributed by atoms with Gasteiger partial charge in [0.15, 0.2) is 0 Å². The van der Waals surface area contributed by atoms with Gasteiger partial charge >= 0.3 is 23.7 Å². The Kier molecular flexibility index (Phi) is 10.5. The predicted molar refractivity (Wildman–Crippen MR) is 158 cm³/mol. The number of nitrogens with one attached hydrogen (secondary N) is 8. The van der Waals surface area contributed by atoms with Crippen molar-refractivity contribution in [1.82, 2.24) is 42.5 Å². The van der Waals surface area contributed by atoms with Crippen LogP contribution in [0.1, 0.15) is 103 Å². The Hall–Kier alpha value is 0.714. The van der Waals surface area contributed by atoms with Gasteiger partial charge in [-0.05, 0) is 98.7 Å². The number of hydrogen-bond acceptors (Lipinski definition) is 9. The Labute approximate surface area is 281 Å². The van der Waals surface area contributed by atoms with Gasteiger partial charge in [-0.2, -0.15) is 0 Å². The molecule has 245 valence electrons. The van der Waals surface area contributed by atoms with E-state index in [1.807, 2.05) is 0 Å². The molecule has 1 radical (unpaired) electrons. The molecule has 0 amide bonds. The molecular weight excluding hydrogens is 624 g/mol. The molecule has 11 heteroatoms. The molecule has 0 spiro atoms. The second kappa shape index (κ2) is 14.1. The molecule has 4 saturated carbocycles. The van der Waals surface area contributed by atoms with Crippen molar-refractivity contribution in [3.63, 3.8) is 0 Å². The van der Waals surface area contributed by atoms with E-state index in [1.165, 1.54) is 103 Å². The first kappa shape index (κ1) is 32.3. The number of fused-ring (bicyclic) bond motifs is 20. The van der Waals surface area contributed by atoms with E-state index in [1.54, 1.807) is 0 Å². The topological polar surface area (TPSA) is 113 Å². The molecule has 43 heavy (non-hydrogen) atoms. The van der Waals surface area contributed by atoms with Gasteiger partial charge in [-0.25, -0.2) is 0 Å². The van der Waals surface area contributed by atoms with Crippen LogP contribution >= 0.6 is 0 Å². The van der Waals surface area contributed by atoms with Crippen LogP contribution in [0, 0.1) is 47.3 Å². The van der Waals surface area contributed by atoms with Crippen LogP contribution in [0.4, 0.5) is 0 Å². The zero-order valence-corrected chi connectivity index (χ0v) is 28.3. The fraction of sp³-hybridized carbons (Fsp3) is 1.00. The van der Waals surface area contributed by atoms with Crippen LogP contribution in [0.15, 0.2) is 0 Å². The van der Waals surface area contributed by atoms with E-state index in [9.17, 15) is 0 Å². The van der Waals surface area contributed by atoms with Gasteiger partial charge in [0.1, 0.15) is 0 Å². The third-order valence-corrected chi connectivity index (χ3v) is 13.8. The van der Waals surface area contributed by atoms with Crippen LogP contribution in [0.2, 0.25) is 0 Å². The fourth-order valence-electron chi connectivity index (χ4n) is 12.0. The van der Waals surface area contributed by atoms with E-state index in [0.29, 0.717) is 49.3 Å². The maximum atomic E-state index is 8.25. The van der Waals surface area contributed by atoms with Gasteiger partial charge in [0.25, 0.3) is 0 Å². The summed E-state index contributed by atoms with van der Waals surface area (Å²) in [4.78, 5) is 0. The zero-order chi connectivity index (χ0) is 28.2. The molecule has 0 aromatic heterocycles. The van der Waals surface area contributed by atoms with Crippen LogP contribution < -0.4 is 42.5 Å². The quantitative estimate of drug-likeness (QED) is 0.183. The first-order valence-corrected chi connectivity index (χ1v) is 18.7. The van der Waals surface area contributed by atoms with Crippen LogP contribution in [0.3, 0.4) is 0 Å². The summed E-state index contributed by atoms with van der Waals surface area (Å²) < 4.78 is 8.25. The molecule has 9 nitrogen and oxygen atoms in total. The second-order valence-electron chi connectivity index (χ2n) is 15.6. The summed E-state index contributed by atoms with van der Waals surface area (Å²) in [5.74, 6) is 5.97. The summed E-state index contributed by atoms with van der Waals surface area (Å²) in [6, 6.07) is 0. The fourth-order valence-corrected chi connectivity index (χ4v) is 12.0. The van der Waals surface area contributed by atoms with Crippen LogP contribution in [0.25, 0.3) is 0 Å². The molecule has 8 atom stereocenters. The first-order valence-electron chi connectivity index (χ1n) is 18.1. The van der Waals surface area contributed by atoms with Gasteiger partial charge in [-0.3, -0.25) is 42.5 Å². The average molecular weight is 680 g/mol. The van der Waals surface area contributed by atoms with E-state index < -0.39 is 0 Å². The van der Waals surface area contributed by atoms with Crippen molar-refractivity contribution in [3.05, 3.63) is 0 Å². The standard InChI is InChI=1S/C32H56N8.Cu.O.Ti/c1-2-10-18-17(9-1)25-33-26(18)38-28-21-13-5-6-14-22(21)30(35-28)40-32-24-16-8-7-15-23(24)31(36-32)39-29-20-12-4-3-11-19(20)27(34-29)37-25;;;/h17-40H,1-16H2;;;. The normalized spacial score (nSPS) is 53.7. The van der Waals surface area contributed by atoms with Gasteiger partial charge < -0.3 is 0 Å². The van der Waals surface area contributed by atoms with Crippen LogP contribution in [-0.4, -0.2) is 49.3 Å². The van der Waals surface area contributed by atoms with Crippen molar-refractivity contribution in [1.29, 1.82) is 0 Å². The molecular formula is C32H56CuN8OTi. The molecule has 8 bridgehead atoms. The van der Waals surface area contributed by atoms with Gasteiger partial charge in [-0.1, -0.05) is 51.4 Å². The van der Waals surface area contributed by atoms with Crippen molar-refractivity contribution in [2.45, 2.75) is 152 Å². The van der Waals surface area contributed by atoms with Gasteiger partial charge in [0, 0.05) is 17.1 Å². The maximum absolute atomic E-state index is 8.25. The summed E-state index contributed by atoms with van der Waals surface area (Å²) in [5, 5.41) is 33.8. The average Bonchev–Trinajstić information content (AvgIpc) is 3.78. The van der Waals surface area contributed by atoms with E-state index in [-0.39, 0.29) is 17.1 Å². The molecule has 0 aromatic rings. The third-order valence-electron chi connectivity index (χ3n) is 13.8. The SMILES string of the molecule is C1CCC2C3NC(NC4NC(NC5NC(NC6NC(N3)C3CCCCC63)C3CCCCC53)C3CCCCC43)C2C1.[Cu].[O]=[Ti]. The Morgan fingerprint density at radius 1 is 0.279 bits per heavy atom. The molecule has 8 N–H and O–H groups in total. The first-order chi connectivity index (χ1) is 20.8. The molecule has 5 saturated heterocycles. The molecule has 9 fully saturated rings. The van der Waals surface area contributed by atoms with Crippen molar-refractivity contribution in [2.75, 3.05) is 0 Å². The predicted octanol–water partition coefficient (Wildman–Crippen LogP) is 2.48. The Balaban J connectivity index is 0.000000981. The van der Waals surface area contributed by atoms with Crippen molar-refractivity contribution < 1.29 is 40.8 Å². The summed E-state index contributed by atoms with van der Waals surface area (Å²) >= 11 is 0.750. The van der Waals surface area contributed by atoms with Crippen LogP contribution in [-0.2, 0) is 40.8 Å². The summed E-state index contributed by atoms with van der Waals surface area (Å²) in [7, 11) is 0. The molecule has 0 aromatic carbocycles. The molecule has 4 aliphatic carbocycles. The summed E-state index contributed by atoms with van der Waals surface area (Å²) in [6.07, 6.45) is 25.6. The Morgan fingerprint density at radius 2 is 0.395 bits per heavy atom. The Bertz CT molecular complexity index is 745. The molecule has 5 aliphatic heterocycles. The van der Waals surface area contributed by atoms with E-state index >= 15 is 0 Å². The number of hydrogen-bond donors (Lipinski definition) is 8. The monoisotopic (exact) mass is 679 g/mol. The second-order valence-corrected chi connectivity index (χ2v) is 15.6. The van der Waals surface area contributed by atoms with Crippen molar-refractivity contribution in [3.8, 4) is 0 Å². The molecule has 9 rings (SSSR count). The summed E-state index contributed by atoms with van der Waals surface area (Å²) in [6.45, 7) is 0. The summed E-state index contributed by atoms with van der Waals surface area (Å²) in [5.41, 5.74) is 0. The molecule has 5 heterocycles. The van der Waals surface area contributed by atoms with Gasteiger partial charge in [0.2, 0.25) is 0 Å². The van der Waals surface area contributed by atoms with E-state index in [0.717, 1.165) is 67.7 Å². The Morgan fingerprint density at radius 3 is 0.512 bits per heavy atom. The van der Waals surface area contributed by atoms with E-state index in [2.05, 4.69) is 42.5 Å². The third kappa shape index (κ3) is 5.99. The minimum atomic E-state index is 0. The minimum absolute atomic E-state index is 0. The molecule has 8 unspecified atom stereocenters. The van der Waals surface area contributed by atoms with Crippen molar-refractivity contribution >= 4 is 0 Å². The van der Waals surface area contributed by atoms with Crippen molar-refractivity contribution in [2.24, 2.45) is 47.3 Å². The number of rotatable bonds is 0. The van der Waals surface area contributed by atoms with Gasteiger partial charge in [0.05, 0.1) is 49.3 Å².